The largest absolute Gasteiger partial charge is 0.435 e. The van der Waals surface area contributed by atoms with Crippen molar-refractivity contribution in [3.8, 4) is 5.75 Å². The molecule has 1 aliphatic rings. The molecular formula is C22H24F2N2O3. The Balaban J connectivity index is 1.55. The van der Waals surface area contributed by atoms with Crippen LogP contribution in [-0.4, -0.2) is 41.8 Å². The van der Waals surface area contributed by atoms with E-state index in [0.717, 1.165) is 16.7 Å². The topological polar surface area (TPSA) is 49.9 Å². The molecule has 5 nitrogen and oxygen atoms in total. The maximum absolute atomic E-state index is 12.8. The van der Waals surface area contributed by atoms with E-state index in [9.17, 15) is 18.4 Å². The Hall–Kier alpha value is -2.96. The second kappa shape index (κ2) is 9.03. The average molecular weight is 402 g/mol. The lowest BCUT2D eigenvalue weighted by Gasteiger charge is -2.22. The molecule has 29 heavy (non-hydrogen) atoms. The van der Waals surface area contributed by atoms with Gasteiger partial charge in [-0.15, -0.1) is 0 Å². The van der Waals surface area contributed by atoms with Crippen LogP contribution >= 0.6 is 0 Å². The van der Waals surface area contributed by atoms with E-state index in [2.05, 4.69) is 4.74 Å². The van der Waals surface area contributed by atoms with Gasteiger partial charge in [0.05, 0.1) is 5.92 Å². The van der Waals surface area contributed by atoms with E-state index in [1.807, 2.05) is 31.2 Å². The Labute approximate surface area is 168 Å². The molecule has 1 heterocycles. The van der Waals surface area contributed by atoms with E-state index in [1.54, 1.807) is 29.0 Å². The van der Waals surface area contributed by atoms with Gasteiger partial charge in [0.25, 0.3) is 0 Å². The summed E-state index contributed by atoms with van der Waals surface area (Å²) in [4.78, 5) is 28.4. The van der Waals surface area contributed by atoms with E-state index in [1.165, 1.54) is 12.1 Å². The van der Waals surface area contributed by atoms with Gasteiger partial charge in [0.1, 0.15) is 5.75 Å². The summed E-state index contributed by atoms with van der Waals surface area (Å²) in [5.41, 5.74) is 2.99. The normalized spacial score (nSPS) is 16.4. The molecule has 0 aromatic heterocycles. The van der Waals surface area contributed by atoms with Crippen molar-refractivity contribution in [3.63, 3.8) is 0 Å². The summed E-state index contributed by atoms with van der Waals surface area (Å²) in [5, 5.41) is 0. The smallest absolute Gasteiger partial charge is 0.387 e. The molecule has 1 atom stereocenters. The maximum atomic E-state index is 12.8. The highest BCUT2D eigenvalue weighted by Crippen LogP contribution is 2.23. The van der Waals surface area contributed by atoms with Crippen molar-refractivity contribution in [2.24, 2.45) is 5.92 Å². The second-order valence-electron chi connectivity index (χ2n) is 7.38. The molecule has 7 heteroatoms. The zero-order valence-electron chi connectivity index (χ0n) is 16.5. The molecule has 0 bridgehead atoms. The molecule has 1 fully saturated rings. The Kier molecular flexibility index (Phi) is 6.46. The molecule has 2 amide bonds. The van der Waals surface area contributed by atoms with Gasteiger partial charge in [-0.05, 0) is 30.2 Å². The molecule has 0 aliphatic carbocycles. The standard InChI is InChI=1S/C22H24F2N2O3/c1-15-3-5-17(6-4-15)13-26-14-18(11-20(26)27)21(28)25(2)12-16-7-9-19(10-8-16)29-22(23)24/h3-10,18,22H,11-14H2,1-2H3. The summed E-state index contributed by atoms with van der Waals surface area (Å²) in [7, 11) is 1.68. The number of likely N-dealkylation sites (tertiary alicyclic amines) is 1. The molecule has 0 spiro atoms. The Bertz CT molecular complexity index is 853. The minimum absolute atomic E-state index is 0.0224. The van der Waals surface area contributed by atoms with E-state index < -0.39 is 6.61 Å². The predicted octanol–water partition coefficient (Wildman–Crippen LogP) is 3.60. The molecule has 3 rings (SSSR count). The molecule has 0 radical (unpaired) electrons. The highest BCUT2D eigenvalue weighted by Gasteiger charge is 2.35. The minimum atomic E-state index is -2.87. The van der Waals surface area contributed by atoms with Gasteiger partial charge in [-0.2, -0.15) is 8.78 Å². The molecule has 1 saturated heterocycles. The third kappa shape index (κ3) is 5.53. The van der Waals surface area contributed by atoms with Crippen molar-refractivity contribution in [2.45, 2.75) is 33.0 Å². The van der Waals surface area contributed by atoms with Crippen LogP contribution in [0.4, 0.5) is 8.78 Å². The maximum Gasteiger partial charge on any atom is 0.387 e. The summed E-state index contributed by atoms with van der Waals surface area (Å²) in [6, 6.07) is 14.2. The first-order chi connectivity index (χ1) is 13.8. The number of ether oxygens (including phenoxy) is 1. The van der Waals surface area contributed by atoms with Crippen LogP contribution in [0.1, 0.15) is 23.1 Å². The van der Waals surface area contributed by atoms with Gasteiger partial charge in [0.2, 0.25) is 11.8 Å². The van der Waals surface area contributed by atoms with Gasteiger partial charge in [-0.1, -0.05) is 42.0 Å². The van der Waals surface area contributed by atoms with E-state index in [4.69, 9.17) is 0 Å². The first-order valence-corrected chi connectivity index (χ1v) is 9.44. The summed E-state index contributed by atoms with van der Waals surface area (Å²) < 4.78 is 28.8. The molecule has 1 unspecified atom stereocenters. The van der Waals surface area contributed by atoms with Crippen LogP contribution in [0.5, 0.6) is 5.75 Å². The summed E-state index contributed by atoms with van der Waals surface area (Å²) >= 11 is 0. The highest BCUT2D eigenvalue weighted by atomic mass is 19.3. The fourth-order valence-corrected chi connectivity index (χ4v) is 3.44. The van der Waals surface area contributed by atoms with Gasteiger partial charge in [0.15, 0.2) is 0 Å². The average Bonchev–Trinajstić information content (AvgIpc) is 3.04. The fourth-order valence-electron chi connectivity index (χ4n) is 3.44. The van der Waals surface area contributed by atoms with Crippen LogP contribution < -0.4 is 4.74 Å². The summed E-state index contributed by atoms with van der Waals surface area (Å²) in [6.07, 6.45) is 0.205. The molecule has 0 saturated carbocycles. The first kappa shape index (κ1) is 20.8. The summed E-state index contributed by atoms with van der Waals surface area (Å²) in [6.45, 7) is 0.369. The number of carbonyl (C=O) groups excluding carboxylic acids is 2. The molecule has 0 N–H and O–H groups in total. The van der Waals surface area contributed by atoms with Crippen molar-refractivity contribution in [3.05, 3.63) is 65.2 Å². The van der Waals surface area contributed by atoms with Crippen LogP contribution in [0.2, 0.25) is 0 Å². The van der Waals surface area contributed by atoms with Gasteiger partial charge >= 0.3 is 6.61 Å². The SMILES string of the molecule is Cc1ccc(CN2CC(C(=O)N(C)Cc3ccc(OC(F)F)cc3)CC2=O)cc1. The van der Waals surface area contributed by atoms with Crippen molar-refractivity contribution < 1.29 is 23.1 Å². The number of carbonyl (C=O) groups is 2. The van der Waals surface area contributed by atoms with Crippen LogP contribution in [0, 0.1) is 12.8 Å². The van der Waals surface area contributed by atoms with Crippen molar-refractivity contribution in [1.82, 2.24) is 9.80 Å². The van der Waals surface area contributed by atoms with Gasteiger partial charge < -0.3 is 14.5 Å². The molecule has 154 valence electrons. The van der Waals surface area contributed by atoms with Crippen LogP contribution in [0.25, 0.3) is 0 Å². The van der Waals surface area contributed by atoms with Gasteiger partial charge in [-0.3, -0.25) is 9.59 Å². The van der Waals surface area contributed by atoms with Crippen LogP contribution in [0.3, 0.4) is 0 Å². The number of nitrogens with zero attached hydrogens (tertiary/aromatic N) is 2. The minimum Gasteiger partial charge on any atom is -0.435 e. The van der Waals surface area contributed by atoms with E-state index >= 15 is 0 Å². The fraction of sp³-hybridized carbons (Fsp3) is 0.364. The number of benzene rings is 2. The van der Waals surface area contributed by atoms with Crippen molar-refractivity contribution in [1.29, 1.82) is 0 Å². The molecule has 2 aromatic carbocycles. The zero-order valence-corrected chi connectivity index (χ0v) is 16.5. The number of amides is 2. The highest BCUT2D eigenvalue weighted by molar-refractivity contribution is 5.89. The molecule has 1 aliphatic heterocycles. The quantitative estimate of drug-likeness (QED) is 0.711. The van der Waals surface area contributed by atoms with Crippen molar-refractivity contribution in [2.75, 3.05) is 13.6 Å². The number of alkyl halides is 2. The van der Waals surface area contributed by atoms with E-state index in [0.29, 0.717) is 19.6 Å². The predicted molar refractivity (Wildman–Crippen MR) is 104 cm³/mol. The third-order valence-electron chi connectivity index (χ3n) is 5.00. The Morgan fingerprint density at radius 1 is 1.14 bits per heavy atom. The number of aryl methyl sites for hydroxylation is 1. The summed E-state index contributed by atoms with van der Waals surface area (Å²) in [5.74, 6) is -0.422. The molecular weight excluding hydrogens is 378 g/mol. The Morgan fingerprint density at radius 3 is 2.38 bits per heavy atom. The van der Waals surface area contributed by atoms with Gasteiger partial charge in [0, 0.05) is 33.1 Å². The Morgan fingerprint density at radius 2 is 1.76 bits per heavy atom. The number of halogens is 2. The lowest BCUT2D eigenvalue weighted by atomic mass is 10.1. The lowest BCUT2D eigenvalue weighted by Crippen LogP contribution is -2.34. The second-order valence-corrected chi connectivity index (χ2v) is 7.38. The number of hydrogen-bond acceptors (Lipinski definition) is 3. The number of rotatable bonds is 7. The zero-order chi connectivity index (χ0) is 21.0. The van der Waals surface area contributed by atoms with Crippen LogP contribution in [-0.2, 0) is 22.7 Å². The number of hydrogen-bond donors (Lipinski definition) is 0. The molecule has 2 aromatic rings. The first-order valence-electron chi connectivity index (χ1n) is 9.44. The monoisotopic (exact) mass is 402 g/mol. The van der Waals surface area contributed by atoms with Crippen molar-refractivity contribution >= 4 is 11.8 Å². The third-order valence-corrected chi connectivity index (χ3v) is 5.00. The van der Waals surface area contributed by atoms with Crippen LogP contribution in [0.15, 0.2) is 48.5 Å². The van der Waals surface area contributed by atoms with E-state index in [-0.39, 0.29) is 29.9 Å². The van der Waals surface area contributed by atoms with Gasteiger partial charge in [-0.25, -0.2) is 0 Å². The lowest BCUT2D eigenvalue weighted by molar-refractivity contribution is -0.135.